The maximum atomic E-state index is 11.7. The fourth-order valence-electron chi connectivity index (χ4n) is 1.25. The van der Waals surface area contributed by atoms with Gasteiger partial charge in [-0.2, -0.15) is 0 Å². The van der Waals surface area contributed by atoms with E-state index in [0.717, 1.165) is 9.13 Å². The molecule has 0 aromatic carbocycles. The van der Waals surface area contributed by atoms with Gasteiger partial charge in [0.25, 0.3) is 5.91 Å². The number of aromatic nitrogens is 1. The van der Waals surface area contributed by atoms with Gasteiger partial charge in [-0.05, 0) is 53.3 Å². The van der Waals surface area contributed by atoms with Crippen LogP contribution in [0.4, 0.5) is 5.82 Å². The van der Waals surface area contributed by atoms with Gasteiger partial charge in [0.1, 0.15) is 5.82 Å². The van der Waals surface area contributed by atoms with Crippen LogP contribution in [-0.4, -0.2) is 10.9 Å². The third kappa shape index (κ3) is 2.41. The van der Waals surface area contributed by atoms with Gasteiger partial charge in [-0.15, -0.1) is 0 Å². The lowest BCUT2D eigenvalue weighted by Gasteiger charge is -2.05. The maximum Gasteiger partial charge on any atom is 0.292 e. The average Bonchev–Trinajstić information content (AvgIpc) is 2.75. The van der Waals surface area contributed by atoms with Crippen molar-refractivity contribution in [2.75, 3.05) is 5.32 Å². The van der Waals surface area contributed by atoms with Crippen LogP contribution in [-0.2, 0) is 0 Å². The van der Waals surface area contributed by atoms with Gasteiger partial charge in [0.2, 0.25) is 0 Å². The number of carbonyl (C=O) groups is 1. The number of amides is 1. The van der Waals surface area contributed by atoms with Crippen molar-refractivity contribution in [1.82, 2.24) is 4.98 Å². The molecule has 2 aromatic heterocycles. The Labute approximate surface area is 106 Å². The summed E-state index contributed by atoms with van der Waals surface area (Å²) in [6.07, 6.45) is 3.16. The Kier molecular flexibility index (Phi) is 3.23. The normalized spacial score (nSPS) is 10.1. The zero-order valence-corrected chi connectivity index (χ0v) is 10.7. The molecule has 0 aliphatic heterocycles. The van der Waals surface area contributed by atoms with Crippen molar-refractivity contribution in [3.8, 4) is 0 Å². The SMILES string of the molecule is Cc1cc(I)cnc1NC(=O)c1ccco1. The molecule has 0 saturated heterocycles. The molecule has 2 rings (SSSR count). The molecule has 4 nitrogen and oxygen atoms in total. The fourth-order valence-corrected chi connectivity index (χ4v) is 1.85. The molecule has 0 atom stereocenters. The molecule has 0 aliphatic rings. The van der Waals surface area contributed by atoms with E-state index in [2.05, 4.69) is 32.9 Å². The number of nitrogens with one attached hydrogen (secondary N) is 1. The van der Waals surface area contributed by atoms with E-state index < -0.39 is 0 Å². The number of aryl methyl sites for hydroxylation is 1. The molecule has 1 amide bonds. The van der Waals surface area contributed by atoms with Crippen molar-refractivity contribution >= 4 is 34.3 Å². The van der Waals surface area contributed by atoms with Crippen molar-refractivity contribution < 1.29 is 9.21 Å². The van der Waals surface area contributed by atoms with Crippen LogP contribution in [0.3, 0.4) is 0 Å². The van der Waals surface area contributed by atoms with Crippen LogP contribution in [0.15, 0.2) is 35.1 Å². The van der Waals surface area contributed by atoms with E-state index in [9.17, 15) is 4.79 Å². The number of hydrogen-bond acceptors (Lipinski definition) is 3. The summed E-state index contributed by atoms with van der Waals surface area (Å²) in [5.41, 5.74) is 0.923. The summed E-state index contributed by atoms with van der Waals surface area (Å²) >= 11 is 2.17. The van der Waals surface area contributed by atoms with Gasteiger partial charge in [-0.25, -0.2) is 4.98 Å². The highest BCUT2D eigenvalue weighted by Gasteiger charge is 2.10. The summed E-state index contributed by atoms with van der Waals surface area (Å²) < 4.78 is 6.02. The first-order valence-electron chi connectivity index (χ1n) is 4.64. The van der Waals surface area contributed by atoms with Gasteiger partial charge in [-0.3, -0.25) is 4.79 Å². The van der Waals surface area contributed by atoms with Gasteiger partial charge in [-0.1, -0.05) is 0 Å². The lowest BCUT2D eigenvalue weighted by atomic mass is 10.3. The second-order valence-electron chi connectivity index (χ2n) is 3.25. The molecule has 2 heterocycles. The van der Waals surface area contributed by atoms with E-state index in [-0.39, 0.29) is 11.7 Å². The van der Waals surface area contributed by atoms with E-state index in [4.69, 9.17) is 4.42 Å². The Balaban J connectivity index is 2.18. The number of hydrogen-bond donors (Lipinski definition) is 1. The molecule has 1 N–H and O–H groups in total. The van der Waals surface area contributed by atoms with E-state index in [0.29, 0.717) is 5.82 Å². The fraction of sp³-hybridized carbons (Fsp3) is 0.0909. The van der Waals surface area contributed by atoms with E-state index in [1.807, 2.05) is 13.0 Å². The van der Waals surface area contributed by atoms with E-state index >= 15 is 0 Å². The molecule has 16 heavy (non-hydrogen) atoms. The molecule has 0 saturated carbocycles. The zero-order valence-electron chi connectivity index (χ0n) is 8.53. The highest BCUT2D eigenvalue weighted by Crippen LogP contribution is 2.15. The summed E-state index contributed by atoms with van der Waals surface area (Å²) in [5.74, 6) is 0.545. The quantitative estimate of drug-likeness (QED) is 0.863. The number of furan rings is 1. The van der Waals surface area contributed by atoms with Crippen molar-refractivity contribution in [1.29, 1.82) is 0 Å². The highest BCUT2D eigenvalue weighted by molar-refractivity contribution is 14.1. The van der Waals surface area contributed by atoms with E-state index in [1.54, 1.807) is 18.3 Å². The minimum absolute atomic E-state index is 0.278. The first kappa shape index (κ1) is 11.1. The molecule has 2 aromatic rings. The Morgan fingerprint density at radius 2 is 2.38 bits per heavy atom. The predicted octanol–water partition coefficient (Wildman–Crippen LogP) is 2.84. The monoisotopic (exact) mass is 328 g/mol. The average molecular weight is 328 g/mol. The van der Waals surface area contributed by atoms with Crippen LogP contribution in [0.1, 0.15) is 16.1 Å². The predicted molar refractivity (Wildman–Crippen MR) is 68.4 cm³/mol. The van der Waals surface area contributed by atoms with Crippen molar-refractivity contribution in [3.63, 3.8) is 0 Å². The highest BCUT2D eigenvalue weighted by atomic mass is 127. The molecule has 0 radical (unpaired) electrons. The smallest absolute Gasteiger partial charge is 0.292 e. The standard InChI is InChI=1S/C11H9IN2O2/c1-7-5-8(12)6-13-10(7)14-11(15)9-3-2-4-16-9/h2-6H,1H3,(H,13,14,15). The van der Waals surface area contributed by atoms with Gasteiger partial charge in [0.15, 0.2) is 5.76 Å². The Hall–Kier alpha value is -1.37. The Morgan fingerprint density at radius 1 is 1.56 bits per heavy atom. The maximum absolute atomic E-state index is 11.7. The van der Waals surface area contributed by atoms with Crippen LogP contribution in [0.5, 0.6) is 0 Å². The molecule has 5 heteroatoms. The number of anilines is 1. The minimum Gasteiger partial charge on any atom is -0.459 e. The first-order valence-corrected chi connectivity index (χ1v) is 5.71. The Morgan fingerprint density at radius 3 is 3.00 bits per heavy atom. The summed E-state index contributed by atoms with van der Waals surface area (Å²) in [4.78, 5) is 15.8. The number of halogens is 1. The molecular weight excluding hydrogens is 319 g/mol. The number of carbonyl (C=O) groups excluding carboxylic acids is 1. The second-order valence-corrected chi connectivity index (χ2v) is 4.50. The van der Waals surface area contributed by atoms with Crippen molar-refractivity contribution in [2.45, 2.75) is 6.92 Å². The van der Waals surface area contributed by atoms with Crippen LogP contribution < -0.4 is 5.32 Å². The summed E-state index contributed by atoms with van der Waals surface area (Å²) in [7, 11) is 0. The van der Waals surface area contributed by atoms with Crippen molar-refractivity contribution in [3.05, 3.63) is 45.6 Å². The Bertz CT molecular complexity index is 509. The van der Waals surface area contributed by atoms with Crippen LogP contribution in [0.25, 0.3) is 0 Å². The molecule has 0 aliphatic carbocycles. The van der Waals surface area contributed by atoms with Gasteiger partial charge in [0, 0.05) is 9.77 Å². The van der Waals surface area contributed by atoms with Gasteiger partial charge >= 0.3 is 0 Å². The molecule has 0 fully saturated rings. The number of nitrogens with zero attached hydrogens (tertiary/aromatic N) is 1. The molecule has 0 bridgehead atoms. The molecule has 82 valence electrons. The van der Waals surface area contributed by atoms with E-state index in [1.165, 1.54) is 6.26 Å². The van der Waals surface area contributed by atoms with Crippen LogP contribution >= 0.6 is 22.6 Å². The van der Waals surface area contributed by atoms with Gasteiger partial charge < -0.3 is 9.73 Å². The minimum atomic E-state index is -0.290. The third-order valence-corrected chi connectivity index (χ3v) is 2.61. The van der Waals surface area contributed by atoms with Crippen LogP contribution in [0, 0.1) is 10.5 Å². The molecular formula is C11H9IN2O2. The van der Waals surface area contributed by atoms with Crippen LogP contribution in [0.2, 0.25) is 0 Å². The first-order chi connectivity index (χ1) is 7.66. The number of pyridine rings is 1. The lowest BCUT2D eigenvalue weighted by molar-refractivity contribution is 0.0996. The zero-order chi connectivity index (χ0) is 11.5. The summed E-state index contributed by atoms with van der Waals surface area (Å²) in [6.45, 7) is 1.90. The van der Waals surface area contributed by atoms with Crippen molar-refractivity contribution in [2.24, 2.45) is 0 Å². The van der Waals surface area contributed by atoms with Gasteiger partial charge in [0.05, 0.1) is 6.26 Å². The largest absolute Gasteiger partial charge is 0.459 e. The molecule has 0 unspecified atom stereocenters. The topological polar surface area (TPSA) is 55.1 Å². The molecule has 0 spiro atoms. The summed E-state index contributed by atoms with van der Waals surface area (Å²) in [5, 5.41) is 2.69. The lowest BCUT2D eigenvalue weighted by Crippen LogP contribution is -2.13. The number of rotatable bonds is 2. The second kappa shape index (κ2) is 4.65. The summed E-state index contributed by atoms with van der Waals surface area (Å²) in [6, 6.07) is 5.23. The third-order valence-electron chi connectivity index (χ3n) is 2.02.